The van der Waals surface area contributed by atoms with Gasteiger partial charge >= 0.3 is 0 Å². The van der Waals surface area contributed by atoms with Gasteiger partial charge in [0.15, 0.2) is 5.11 Å². The average molecular weight is 446 g/mol. The molecule has 0 atom stereocenters. The number of halogens is 1. The van der Waals surface area contributed by atoms with Crippen molar-refractivity contribution in [1.29, 1.82) is 0 Å². The molecule has 2 aromatic rings. The monoisotopic (exact) mass is 445 g/mol. The van der Waals surface area contributed by atoms with Gasteiger partial charge in [-0.15, -0.1) is 0 Å². The van der Waals surface area contributed by atoms with E-state index in [9.17, 15) is 0 Å². The lowest BCUT2D eigenvalue weighted by atomic mass is 10.1. The molecule has 2 aromatic carbocycles. The van der Waals surface area contributed by atoms with Crippen LogP contribution in [0.2, 0.25) is 5.02 Å². The summed E-state index contributed by atoms with van der Waals surface area (Å²) in [7, 11) is 0. The Morgan fingerprint density at radius 3 is 2.47 bits per heavy atom. The number of rotatable bonds is 7. The van der Waals surface area contributed by atoms with Crippen LogP contribution in [0.3, 0.4) is 0 Å². The van der Waals surface area contributed by atoms with Gasteiger partial charge in [0.1, 0.15) is 0 Å². The third-order valence-corrected chi connectivity index (χ3v) is 6.25. The van der Waals surface area contributed by atoms with Gasteiger partial charge in [-0.1, -0.05) is 47.5 Å². The summed E-state index contributed by atoms with van der Waals surface area (Å²) >= 11 is 12.3. The Morgan fingerprint density at radius 2 is 1.80 bits per heavy atom. The van der Waals surface area contributed by atoms with Gasteiger partial charge < -0.3 is 15.0 Å². The maximum Gasteiger partial charge on any atom is 0.173 e. The van der Waals surface area contributed by atoms with Crippen molar-refractivity contribution in [3.05, 3.63) is 63.7 Å². The van der Waals surface area contributed by atoms with Crippen molar-refractivity contribution in [2.75, 3.05) is 44.7 Å². The number of thiocarbonyl (C=S) groups is 1. The average Bonchev–Trinajstić information content (AvgIpc) is 2.72. The Morgan fingerprint density at radius 1 is 1.13 bits per heavy atom. The number of hydrogen-bond donors (Lipinski definition) is 1. The molecule has 1 aliphatic rings. The normalized spacial score (nSPS) is 14.5. The molecule has 162 valence electrons. The minimum Gasteiger partial charge on any atom is -0.379 e. The third kappa shape index (κ3) is 6.42. The van der Waals surface area contributed by atoms with E-state index < -0.39 is 0 Å². The topological polar surface area (TPSA) is 27.7 Å². The van der Waals surface area contributed by atoms with Gasteiger partial charge in [-0.05, 0) is 62.2 Å². The highest BCUT2D eigenvalue weighted by Crippen LogP contribution is 2.23. The van der Waals surface area contributed by atoms with Gasteiger partial charge in [0.2, 0.25) is 0 Å². The second-order valence-corrected chi connectivity index (χ2v) is 8.82. The fourth-order valence-electron chi connectivity index (χ4n) is 3.96. The van der Waals surface area contributed by atoms with Crippen molar-refractivity contribution >= 4 is 34.6 Å². The highest BCUT2D eigenvalue weighted by atomic mass is 35.5. The van der Waals surface area contributed by atoms with E-state index >= 15 is 0 Å². The SMILES string of the molecule is Cc1cc(C)c(NC(=S)N(CCCN2CCOCC2)Cc2ccccc2Cl)c(C)c1. The van der Waals surface area contributed by atoms with Crippen LogP contribution in [0, 0.1) is 20.8 Å². The molecule has 0 aromatic heterocycles. The Bertz CT molecular complexity index is 844. The second kappa shape index (κ2) is 11.1. The molecule has 1 heterocycles. The maximum atomic E-state index is 6.44. The molecule has 0 radical (unpaired) electrons. The summed E-state index contributed by atoms with van der Waals surface area (Å²) in [5, 5.41) is 5.04. The number of morpholine rings is 1. The van der Waals surface area contributed by atoms with Crippen molar-refractivity contribution in [3.63, 3.8) is 0 Å². The standard InChI is InChI=1S/C24H32ClN3OS/c1-18-15-19(2)23(20(3)16-18)26-24(30)28(17-21-7-4-5-8-22(21)25)10-6-9-27-11-13-29-14-12-27/h4-5,7-8,15-16H,6,9-14,17H2,1-3H3,(H,26,30). The van der Waals surface area contributed by atoms with Crippen LogP contribution in [0.15, 0.2) is 36.4 Å². The summed E-state index contributed by atoms with van der Waals surface area (Å²) in [4.78, 5) is 4.69. The van der Waals surface area contributed by atoms with E-state index in [4.69, 9.17) is 28.6 Å². The van der Waals surface area contributed by atoms with Crippen molar-refractivity contribution in [3.8, 4) is 0 Å². The molecule has 0 spiro atoms. The van der Waals surface area contributed by atoms with E-state index in [0.717, 1.165) is 67.2 Å². The summed E-state index contributed by atoms with van der Waals surface area (Å²) in [6.45, 7) is 12.7. The van der Waals surface area contributed by atoms with Crippen LogP contribution >= 0.6 is 23.8 Å². The van der Waals surface area contributed by atoms with Gasteiger partial charge in [-0.2, -0.15) is 0 Å². The van der Waals surface area contributed by atoms with E-state index in [-0.39, 0.29) is 0 Å². The Hall–Kier alpha value is -1.66. The van der Waals surface area contributed by atoms with E-state index in [1.807, 2.05) is 18.2 Å². The predicted molar refractivity (Wildman–Crippen MR) is 131 cm³/mol. The minimum absolute atomic E-state index is 0.693. The largest absolute Gasteiger partial charge is 0.379 e. The minimum atomic E-state index is 0.693. The van der Waals surface area contributed by atoms with Crippen LogP contribution in [0.4, 0.5) is 5.69 Å². The van der Waals surface area contributed by atoms with Gasteiger partial charge in [-0.25, -0.2) is 0 Å². The zero-order chi connectivity index (χ0) is 21.5. The lowest BCUT2D eigenvalue weighted by molar-refractivity contribution is 0.0368. The van der Waals surface area contributed by atoms with Crippen LogP contribution < -0.4 is 5.32 Å². The molecule has 3 rings (SSSR count). The number of ether oxygens (including phenoxy) is 1. The molecule has 1 N–H and O–H groups in total. The summed E-state index contributed by atoms with van der Waals surface area (Å²) in [5.74, 6) is 0. The first-order chi connectivity index (χ1) is 14.4. The summed E-state index contributed by atoms with van der Waals surface area (Å²) in [5.41, 5.74) is 5.87. The van der Waals surface area contributed by atoms with Crippen molar-refractivity contribution in [1.82, 2.24) is 9.80 Å². The zero-order valence-electron chi connectivity index (χ0n) is 18.2. The van der Waals surface area contributed by atoms with Crippen molar-refractivity contribution in [2.45, 2.75) is 33.7 Å². The van der Waals surface area contributed by atoms with E-state index in [0.29, 0.717) is 6.54 Å². The van der Waals surface area contributed by atoms with E-state index in [2.05, 4.69) is 54.1 Å². The van der Waals surface area contributed by atoms with Gasteiger partial charge in [0.25, 0.3) is 0 Å². The van der Waals surface area contributed by atoms with Crippen LogP contribution in [0.25, 0.3) is 0 Å². The van der Waals surface area contributed by atoms with Gasteiger partial charge in [0.05, 0.1) is 13.2 Å². The molecule has 0 unspecified atom stereocenters. The molecule has 4 nitrogen and oxygen atoms in total. The molecule has 1 saturated heterocycles. The summed E-state index contributed by atoms with van der Waals surface area (Å²) in [6.07, 6.45) is 1.04. The first-order valence-electron chi connectivity index (χ1n) is 10.6. The second-order valence-electron chi connectivity index (χ2n) is 8.02. The molecule has 0 amide bonds. The van der Waals surface area contributed by atoms with Crippen molar-refractivity contribution in [2.24, 2.45) is 0 Å². The van der Waals surface area contributed by atoms with Crippen molar-refractivity contribution < 1.29 is 4.74 Å². The predicted octanol–water partition coefficient (Wildman–Crippen LogP) is 5.19. The molecule has 0 aliphatic carbocycles. The number of benzene rings is 2. The van der Waals surface area contributed by atoms with Crippen LogP contribution in [-0.2, 0) is 11.3 Å². The number of hydrogen-bond acceptors (Lipinski definition) is 3. The number of nitrogens with zero attached hydrogens (tertiary/aromatic N) is 2. The Kier molecular flexibility index (Phi) is 8.51. The fourth-order valence-corrected chi connectivity index (χ4v) is 4.41. The first-order valence-corrected chi connectivity index (χ1v) is 11.4. The molecule has 1 fully saturated rings. The number of anilines is 1. The van der Waals surface area contributed by atoms with Crippen LogP contribution in [0.1, 0.15) is 28.7 Å². The lowest BCUT2D eigenvalue weighted by Gasteiger charge is -2.30. The van der Waals surface area contributed by atoms with Crippen LogP contribution in [0.5, 0.6) is 0 Å². The van der Waals surface area contributed by atoms with E-state index in [1.54, 1.807) is 0 Å². The lowest BCUT2D eigenvalue weighted by Crippen LogP contribution is -2.40. The third-order valence-electron chi connectivity index (χ3n) is 5.52. The number of nitrogens with one attached hydrogen (secondary N) is 1. The first kappa shape index (κ1) is 23.0. The highest BCUT2D eigenvalue weighted by Gasteiger charge is 2.16. The van der Waals surface area contributed by atoms with Gasteiger partial charge in [0, 0.05) is 43.4 Å². The molecule has 6 heteroatoms. The fraction of sp³-hybridized carbons (Fsp3) is 0.458. The van der Waals surface area contributed by atoms with E-state index in [1.165, 1.54) is 16.7 Å². The molecule has 0 bridgehead atoms. The number of aryl methyl sites for hydroxylation is 3. The highest BCUT2D eigenvalue weighted by molar-refractivity contribution is 7.80. The molecular formula is C24H32ClN3OS. The van der Waals surface area contributed by atoms with Crippen LogP contribution in [-0.4, -0.2) is 54.3 Å². The zero-order valence-corrected chi connectivity index (χ0v) is 19.8. The summed E-state index contributed by atoms with van der Waals surface area (Å²) in [6, 6.07) is 12.4. The van der Waals surface area contributed by atoms with Gasteiger partial charge in [-0.3, -0.25) is 4.90 Å². The molecule has 1 aliphatic heterocycles. The maximum absolute atomic E-state index is 6.44. The molecular weight excluding hydrogens is 414 g/mol. The smallest absolute Gasteiger partial charge is 0.173 e. The molecule has 0 saturated carbocycles. The summed E-state index contributed by atoms with van der Waals surface area (Å²) < 4.78 is 5.46. The quantitative estimate of drug-likeness (QED) is 0.592. The Labute approximate surface area is 191 Å². The molecule has 30 heavy (non-hydrogen) atoms. The Balaban J connectivity index is 1.70.